The fraction of sp³-hybridized carbons (Fsp3) is 0.182. The molecule has 84 valence electrons. The van der Waals surface area contributed by atoms with Crippen molar-refractivity contribution in [2.24, 2.45) is 0 Å². The van der Waals surface area contributed by atoms with Gasteiger partial charge in [0, 0.05) is 24.2 Å². The number of benzene rings is 1. The smallest absolute Gasteiger partial charge is 0.0793 e. The zero-order chi connectivity index (χ0) is 11.5. The van der Waals surface area contributed by atoms with Gasteiger partial charge in [0.05, 0.1) is 15.9 Å². The number of aliphatic hydroxyl groups is 1. The Labute approximate surface area is 107 Å². The van der Waals surface area contributed by atoms with E-state index in [-0.39, 0.29) is 6.61 Å². The Kier molecular flexibility index (Phi) is 3.63. The molecular formula is C11H10BrClN2O. The number of aromatic nitrogens is 2. The molecule has 0 aliphatic carbocycles. The van der Waals surface area contributed by atoms with E-state index in [1.807, 2.05) is 30.5 Å². The van der Waals surface area contributed by atoms with Crippen molar-refractivity contribution in [2.45, 2.75) is 6.42 Å². The second-order valence-electron chi connectivity index (χ2n) is 3.32. The highest BCUT2D eigenvalue weighted by atomic mass is 79.9. The lowest BCUT2D eigenvalue weighted by Gasteiger charge is -2.00. The first-order valence-corrected chi connectivity index (χ1v) is 5.98. The summed E-state index contributed by atoms with van der Waals surface area (Å²) in [4.78, 5) is 0. The molecular weight excluding hydrogens is 291 g/mol. The molecule has 0 bridgehead atoms. The van der Waals surface area contributed by atoms with Crippen molar-refractivity contribution in [1.29, 1.82) is 0 Å². The highest BCUT2D eigenvalue weighted by Crippen LogP contribution is 2.19. The van der Waals surface area contributed by atoms with E-state index in [4.69, 9.17) is 16.7 Å². The minimum Gasteiger partial charge on any atom is -0.396 e. The molecule has 2 rings (SSSR count). The van der Waals surface area contributed by atoms with Gasteiger partial charge in [0.1, 0.15) is 0 Å². The summed E-state index contributed by atoms with van der Waals surface area (Å²) in [5.41, 5.74) is 1.78. The minimum absolute atomic E-state index is 0.0935. The SMILES string of the molecule is OCCc1nn(-c2ccc(Cl)cc2)cc1Br. The summed E-state index contributed by atoms with van der Waals surface area (Å²) in [5, 5.41) is 13.9. The third-order valence-corrected chi connectivity index (χ3v) is 3.09. The molecule has 0 spiro atoms. The van der Waals surface area contributed by atoms with Crippen molar-refractivity contribution >= 4 is 27.5 Å². The van der Waals surface area contributed by atoms with Crippen LogP contribution in [0.15, 0.2) is 34.9 Å². The van der Waals surface area contributed by atoms with Crippen molar-refractivity contribution < 1.29 is 5.11 Å². The maximum atomic E-state index is 8.87. The highest BCUT2D eigenvalue weighted by Gasteiger charge is 2.06. The van der Waals surface area contributed by atoms with Gasteiger partial charge in [-0.15, -0.1) is 0 Å². The summed E-state index contributed by atoms with van der Waals surface area (Å²) in [5.74, 6) is 0. The molecule has 0 aliphatic heterocycles. The van der Waals surface area contributed by atoms with Crippen LogP contribution in [0.25, 0.3) is 5.69 Å². The molecule has 2 aromatic rings. The van der Waals surface area contributed by atoms with Crippen LogP contribution in [0.5, 0.6) is 0 Å². The Bertz CT molecular complexity index is 481. The maximum Gasteiger partial charge on any atom is 0.0793 e. The second-order valence-corrected chi connectivity index (χ2v) is 4.61. The van der Waals surface area contributed by atoms with Gasteiger partial charge in [-0.3, -0.25) is 0 Å². The molecule has 1 aromatic heterocycles. The van der Waals surface area contributed by atoms with Gasteiger partial charge >= 0.3 is 0 Å². The Hall–Kier alpha value is -0.840. The molecule has 0 atom stereocenters. The van der Waals surface area contributed by atoms with E-state index in [1.165, 1.54) is 0 Å². The van der Waals surface area contributed by atoms with E-state index in [0.717, 1.165) is 15.9 Å². The van der Waals surface area contributed by atoms with Gasteiger partial charge in [0.15, 0.2) is 0 Å². The van der Waals surface area contributed by atoms with Gasteiger partial charge in [0.25, 0.3) is 0 Å². The van der Waals surface area contributed by atoms with Crippen LogP contribution in [0, 0.1) is 0 Å². The number of nitrogens with zero attached hydrogens (tertiary/aromatic N) is 2. The topological polar surface area (TPSA) is 38.1 Å². The molecule has 5 heteroatoms. The van der Waals surface area contributed by atoms with Gasteiger partial charge in [-0.05, 0) is 40.2 Å². The molecule has 0 saturated carbocycles. The predicted octanol–water partition coefficient (Wildman–Crippen LogP) is 2.82. The van der Waals surface area contributed by atoms with Crippen LogP contribution >= 0.6 is 27.5 Å². The predicted molar refractivity (Wildman–Crippen MR) is 67.1 cm³/mol. The Balaban J connectivity index is 2.33. The first-order chi connectivity index (χ1) is 7.70. The minimum atomic E-state index is 0.0935. The van der Waals surface area contributed by atoms with Gasteiger partial charge in [-0.25, -0.2) is 4.68 Å². The molecule has 0 radical (unpaired) electrons. The van der Waals surface area contributed by atoms with E-state index >= 15 is 0 Å². The van der Waals surface area contributed by atoms with Crippen molar-refractivity contribution in [2.75, 3.05) is 6.61 Å². The molecule has 3 nitrogen and oxygen atoms in total. The van der Waals surface area contributed by atoms with Crippen LogP contribution in [0.1, 0.15) is 5.69 Å². The highest BCUT2D eigenvalue weighted by molar-refractivity contribution is 9.10. The van der Waals surface area contributed by atoms with Crippen LogP contribution in [0.4, 0.5) is 0 Å². The van der Waals surface area contributed by atoms with Crippen molar-refractivity contribution in [3.05, 3.63) is 45.7 Å². The Morgan fingerprint density at radius 2 is 2.00 bits per heavy atom. The zero-order valence-electron chi connectivity index (χ0n) is 8.40. The fourth-order valence-electron chi connectivity index (χ4n) is 1.39. The molecule has 1 aromatic carbocycles. The Morgan fingerprint density at radius 3 is 2.62 bits per heavy atom. The number of hydrogen-bond donors (Lipinski definition) is 1. The molecule has 0 unspecified atom stereocenters. The van der Waals surface area contributed by atoms with Crippen LogP contribution < -0.4 is 0 Å². The average molecular weight is 302 g/mol. The lowest BCUT2D eigenvalue weighted by molar-refractivity contribution is 0.298. The molecule has 0 saturated heterocycles. The number of hydrogen-bond acceptors (Lipinski definition) is 2. The van der Waals surface area contributed by atoms with Gasteiger partial charge in [-0.2, -0.15) is 5.10 Å². The van der Waals surface area contributed by atoms with E-state index in [2.05, 4.69) is 21.0 Å². The summed E-state index contributed by atoms with van der Waals surface area (Å²) in [6.45, 7) is 0.0935. The van der Waals surface area contributed by atoms with Crippen molar-refractivity contribution in [1.82, 2.24) is 9.78 Å². The van der Waals surface area contributed by atoms with Crippen LogP contribution in [-0.2, 0) is 6.42 Å². The largest absolute Gasteiger partial charge is 0.396 e. The molecule has 0 fully saturated rings. The van der Waals surface area contributed by atoms with E-state index in [1.54, 1.807) is 4.68 Å². The first-order valence-electron chi connectivity index (χ1n) is 4.81. The molecule has 1 N–H and O–H groups in total. The Morgan fingerprint density at radius 1 is 1.31 bits per heavy atom. The molecule has 1 heterocycles. The monoisotopic (exact) mass is 300 g/mol. The zero-order valence-corrected chi connectivity index (χ0v) is 10.7. The second kappa shape index (κ2) is 4.99. The van der Waals surface area contributed by atoms with Gasteiger partial charge < -0.3 is 5.11 Å². The summed E-state index contributed by atoms with van der Waals surface area (Å²) in [6.07, 6.45) is 2.41. The summed E-state index contributed by atoms with van der Waals surface area (Å²) < 4.78 is 2.65. The third-order valence-electron chi connectivity index (χ3n) is 2.18. The summed E-state index contributed by atoms with van der Waals surface area (Å²) in [7, 11) is 0. The fourth-order valence-corrected chi connectivity index (χ4v) is 1.99. The molecule has 16 heavy (non-hydrogen) atoms. The van der Waals surface area contributed by atoms with Crippen LogP contribution in [-0.4, -0.2) is 21.5 Å². The van der Waals surface area contributed by atoms with E-state index in [9.17, 15) is 0 Å². The van der Waals surface area contributed by atoms with Crippen LogP contribution in [0.2, 0.25) is 5.02 Å². The van der Waals surface area contributed by atoms with E-state index < -0.39 is 0 Å². The lowest BCUT2D eigenvalue weighted by atomic mass is 10.3. The summed E-state index contributed by atoms with van der Waals surface area (Å²) in [6, 6.07) is 7.42. The number of rotatable bonds is 3. The van der Waals surface area contributed by atoms with Crippen LogP contribution in [0.3, 0.4) is 0 Å². The quantitative estimate of drug-likeness (QED) is 0.946. The van der Waals surface area contributed by atoms with Gasteiger partial charge in [-0.1, -0.05) is 11.6 Å². The number of aliphatic hydroxyl groups excluding tert-OH is 1. The average Bonchev–Trinajstić information content (AvgIpc) is 2.62. The third kappa shape index (κ3) is 2.45. The molecule has 0 aliphatic rings. The molecule has 0 amide bonds. The first kappa shape index (κ1) is 11.6. The standard InChI is InChI=1S/C11H10BrClN2O/c12-10-7-15(14-11(10)5-6-16)9-3-1-8(13)2-4-9/h1-4,7,16H,5-6H2. The van der Waals surface area contributed by atoms with E-state index in [0.29, 0.717) is 11.4 Å². The van der Waals surface area contributed by atoms with Gasteiger partial charge in [0.2, 0.25) is 0 Å². The lowest BCUT2D eigenvalue weighted by Crippen LogP contribution is -1.97. The van der Waals surface area contributed by atoms with Crippen molar-refractivity contribution in [3.8, 4) is 5.69 Å². The normalized spacial score (nSPS) is 10.7. The number of halogens is 2. The summed E-state index contributed by atoms with van der Waals surface area (Å²) >= 11 is 9.22. The van der Waals surface area contributed by atoms with Crippen molar-refractivity contribution in [3.63, 3.8) is 0 Å². The maximum absolute atomic E-state index is 8.87.